The number of rotatable bonds is 4. The summed E-state index contributed by atoms with van der Waals surface area (Å²) in [6.45, 7) is 1.23. The van der Waals surface area contributed by atoms with Crippen LogP contribution in [0.5, 0.6) is 11.5 Å². The first-order valence-corrected chi connectivity index (χ1v) is 8.87. The Balaban J connectivity index is 1.50. The quantitative estimate of drug-likeness (QED) is 0.724. The molecule has 0 aromatic heterocycles. The molecule has 0 spiro atoms. The minimum absolute atomic E-state index is 0.109. The minimum Gasteiger partial charge on any atom is -0.508 e. The molecule has 28 heavy (non-hydrogen) atoms. The van der Waals surface area contributed by atoms with Crippen molar-refractivity contribution in [2.45, 2.75) is 0 Å². The zero-order valence-corrected chi connectivity index (χ0v) is 15.2. The second kappa shape index (κ2) is 8.43. The maximum absolute atomic E-state index is 12.5. The van der Waals surface area contributed by atoms with Crippen LogP contribution in [0, 0.1) is 0 Å². The van der Waals surface area contributed by atoms with Gasteiger partial charge in [-0.25, -0.2) is 0 Å². The number of carbonyl (C=O) groups excluding carboxylic acids is 3. The Bertz CT molecular complexity index is 856. The highest BCUT2D eigenvalue weighted by molar-refractivity contribution is 5.97. The average molecular weight is 383 g/mol. The number of nitrogens with one attached hydrogen (secondary N) is 1. The van der Waals surface area contributed by atoms with Gasteiger partial charge in [0.05, 0.1) is 6.54 Å². The normalized spacial score (nSPS) is 13.9. The lowest BCUT2D eigenvalue weighted by Crippen LogP contribution is -2.52. The van der Waals surface area contributed by atoms with Gasteiger partial charge in [-0.1, -0.05) is 18.2 Å². The molecule has 0 radical (unpaired) electrons. The fraction of sp³-hybridized carbons (Fsp3) is 0.250. The van der Waals surface area contributed by atoms with Gasteiger partial charge in [0, 0.05) is 43.4 Å². The predicted molar refractivity (Wildman–Crippen MR) is 101 cm³/mol. The van der Waals surface area contributed by atoms with E-state index >= 15 is 0 Å². The van der Waals surface area contributed by atoms with Gasteiger partial charge in [0.1, 0.15) is 11.5 Å². The summed E-state index contributed by atoms with van der Waals surface area (Å²) < 4.78 is 0. The molecular weight excluding hydrogens is 362 g/mol. The van der Waals surface area contributed by atoms with Crippen molar-refractivity contribution in [2.75, 3.05) is 32.7 Å². The second-order valence-electron chi connectivity index (χ2n) is 6.46. The Morgan fingerprint density at radius 2 is 1.39 bits per heavy atom. The van der Waals surface area contributed by atoms with Crippen molar-refractivity contribution >= 4 is 17.7 Å². The van der Waals surface area contributed by atoms with Gasteiger partial charge in [0.25, 0.3) is 11.8 Å². The van der Waals surface area contributed by atoms with Crippen molar-refractivity contribution < 1.29 is 24.6 Å². The van der Waals surface area contributed by atoms with E-state index in [2.05, 4.69) is 5.32 Å². The maximum atomic E-state index is 12.5. The summed E-state index contributed by atoms with van der Waals surface area (Å²) in [5.41, 5.74) is 0.674. The molecule has 8 nitrogen and oxygen atoms in total. The van der Waals surface area contributed by atoms with Gasteiger partial charge in [0.2, 0.25) is 5.91 Å². The number of phenolic OH excluding ortho intramolecular Hbond substituents is 2. The third kappa shape index (κ3) is 4.59. The molecule has 2 aromatic rings. The average Bonchev–Trinajstić information content (AvgIpc) is 2.71. The molecule has 0 bridgehead atoms. The number of carbonyl (C=O) groups is 3. The van der Waals surface area contributed by atoms with E-state index in [0.717, 1.165) is 6.07 Å². The van der Waals surface area contributed by atoms with E-state index in [1.807, 2.05) is 0 Å². The highest BCUT2D eigenvalue weighted by Crippen LogP contribution is 2.22. The van der Waals surface area contributed by atoms with E-state index < -0.39 is 0 Å². The summed E-state index contributed by atoms with van der Waals surface area (Å²) in [4.78, 5) is 40.0. The van der Waals surface area contributed by atoms with Crippen molar-refractivity contribution in [3.8, 4) is 11.5 Å². The van der Waals surface area contributed by atoms with Crippen LogP contribution in [0.4, 0.5) is 0 Å². The molecule has 146 valence electrons. The number of nitrogens with zero attached hydrogens (tertiary/aromatic N) is 2. The molecular formula is C20H21N3O5. The molecule has 3 N–H and O–H groups in total. The predicted octanol–water partition coefficient (Wildman–Crippen LogP) is 0.812. The number of aromatic hydroxyl groups is 2. The molecule has 0 unspecified atom stereocenters. The first kappa shape index (κ1) is 19.2. The van der Waals surface area contributed by atoms with Crippen LogP contribution in [0.3, 0.4) is 0 Å². The molecule has 1 aliphatic rings. The topological polar surface area (TPSA) is 110 Å². The minimum atomic E-state index is -0.323. The van der Waals surface area contributed by atoms with Gasteiger partial charge in [-0.05, 0) is 24.3 Å². The van der Waals surface area contributed by atoms with Crippen molar-refractivity contribution in [1.82, 2.24) is 15.1 Å². The number of hydrogen-bond acceptors (Lipinski definition) is 5. The van der Waals surface area contributed by atoms with Crippen LogP contribution < -0.4 is 5.32 Å². The Hall–Kier alpha value is -3.55. The molecule has 0 saturated carbocycles. The van der Waals surface area contributed by atoms with Crippen LogP contribution in [-0.4, -0.2) is 70.5 Å². The Kier molecular flexibility index (Phi) is 5.78. The van der Waals surface area contributed by atoms with Gasteiger partial charge < -0.3 is 25.3 Å². The number of amides is 3. The van der Waals surface area contributed by atoms with Crippen molar-refractivity contribution in [2.24, 2.45) is 0 Å². The van der Waals surface area contributed by atoms with Crippen LogP contribution in [0.2, 0.25) is 0 Å². The van der Waals surface area contributed by atoms with Crippen LogP contribution >= 0.6 is 0 Å². The van der Waals surface area contributed by atoms with Crippen LogP contribution in [0.1, 0.15) is 20.7 Å². The van der Waals surface area contributed by atoms with Gasteiger partial charge in [0.15, 0.2) is 0 Å². The Morgan fingerprint density at radius 1 is 0.821 bits per heavy atom. The molecule has 1 heterocycles. The fourth-order valence-corrected chi connectivity index (χ4v) is 3.02. The monoisotopic (exact) mass is 383 g/mol. The maximum Gasteiger partial charge on any atom is 0.254 e. The smallest absolute Gasteiger partial charge is 0.254 e. The molecule has 3 amide bonds. The molecule has 1 fully saturated rings. The number of hydrogen-bond donors (Lipinski definition) is 3. The lowest BCUT2D eigenvalue weighted by atomic mass is 10.1. The molecule has 0 aliphatic carbocycles. The third-order valence-corrected chi connectivity index (χ3v) is 4.51. The molecule has 2 aromatic carbocycles. The lowest BCUT2D eigenvalue weighted by Gasteiger charge is -2.35. The summed E-state index contributed by atoms with van der Waals surface area (Å²) in [5, 5.41) is 21.7. The first-order chi connectivity index (χ1) is 13.4. The summed E-state index contributed by atoms with van der Waals surface area (Å²) in [6.07, 6.45) is 0. The largest absolute Gasteiger partial charge is 0.508 e. The van der Waals surface area contributed by atoms with Crippen LogP contribution in [-0.2, 0) is 4.79 Å². The van der Waals surface area contributed by atoms with Crippen LogP contribution in [0.25, 0.3) is 0 Å². The summed E-state index contributed by atoms with van der Waals surface area (Å²) in [6, 6.07) is 12.4. The second-order valence-corrected chi connectivity index (χ2v) is 6.46. The zero-order valence-electron chi connectivity index (χ0n) is 15.2. The molecule has 1 saturated heterocycles. The summed E-state index contributed by atoms with van der Waals surface area (Å²) in [5.74, 6) is -1.23. The van der Waals surface area contributed by atoms with E-state index in [1.165, 1.54) is 12.1 Å². The SMILES string of the molecule is O=C(NCC(=O)N1CCN(C(=O)c2cc(O)cc(O)c2)CC1)c1ccccc1. The van der Waals surface area contributed by atoms with Gasteiger partial charge in [-0.3, -0.25) is 14.4 Å². The molecule has 0 atom stereocenters. The van der Waals surface area contributed by atoms with Crippen molar-refractivity contribution in [3.63, 3.8) is 0 Å². The highest BCUT2D eigenvalue weighted by Gasteiger charge is 2.25. The number of phenols is 2. The molecule has 1 aliphatic heterocycles. The standard InChI is InChI=1S/C20H21N3O5/c24-16-10-15(11-17(25)12-16)20(28)23-8-6-22(7-9-23)18(26)13-21-19(27)14-4-2-1-3-5-14/h1-5,10-12,24-25H,6-9,13H2,(H,21,27). The highest BCUT2D eigenvalue weighted by atomic mass is 16.3. The summed E-state index contributed by atoms with van der Waals surface area (Å²) >= 11 is 0. The van der Waals surface area contributed by atoms with Crippen molar-refractivity contribution in [3.05, 3.63) is 59.7 Å². The van der Waals surface area contributed by atoms with Crippen molar-refractivity contribution in [1.29, 1.82) is 0 Å². The van der Waals surface area contributed by atoms with E-state index in [0.29, 0.717) is 31.7 Å². The Labute approximate surface area is 162 Å². The first-order valence-electron chi connectivity index (χ1n) is 8.87. The number of benzene rings is 2. The third-order valence-electron chi connectivity index (χ3n) is 4.51. The van der Waals surface area contributed by atoms with E-state index in [4.69, 9.17) is 0 Å². The molecule has 8 heteroatoms. The zero-order chi connectivity index (χ0) is 20.1. The van der Waals surface area contributed by atoms with E-state index in [9.17, 15) is 24.6 Å². The fourth-order valence-electron chi connectivity index (χ4n) is 3.02. The number of piperazine rings is 1. The van der Waals surface area contributed by atoms with Gasteiger partial charge >= 0.3 is 0 Å². The molecule has 3 rings (SSSR count). The lowest BCUT2D eigenvalue weighted by molar-refractivity contribution is -0.131. The van der Waals surface area contributed by atoms with Gasteiger partial charge in [-0.15, -0.1) is 0 Å². The van der Waals surface area contributed by atoms with Gasteiger partial charge in [-0.2, -0.15) is 0 Å². The summed E-state index contributed by atoms with van der Waals surface area (Å²) in [7, 11) is 0. The van der Waals surface area contributed by atoms with E-state index in [1.54, 1.807) is 40.1 Å². The Morgan fingerprint density at radius 3 is 2.00 bits per heavy atom. The van der Waals surface area contributed by atoms with E-state index in [-0.39, 0.29) is 41.3 Å². The van der Waals surface area contributed by atoms with Crippen LogP contribution in [0.15, 0.2) is 48.5 Å².